The molecule has 5 rings (SSSR count). The molecule has 1 aromatic heterocycles. The van der Waals surface area contributed by atoms with E-state index in [-0.39, 0.29) is 18.6 Å². The lowest BCUT2D eigenvalue weighted by atomic mass is 10.0. The third-order valence-corrected chi connectivity index (χ3v) is 6.36. The minimum Gasteiger partial charge on any atom is -0.483 e. The Balaban J connectivity index is 1.40. The molecule has 4 aromatic carbocycles. The molecule has 1 atom stereocenters. The van der Waals surface area contributed by atoms with Gasteiger partial charge in [0.2, 0.25) is 0 Å². The SMILES string of the molecule is Cc1ccc(C)c(OCC(=O)NC(C)c2nc3ccccc3n2Cc2cccc3ccccc23)c1. The predicted molar refractivity (Wildman–Crippen MR) is 141 cm³/mol. The van der Waals surface area contributed by atoms with Gasteiger partial charge >= 0.3 is 0 Å². The smallest absolute Gasteiger partial charge is 0.258 e. The molecule has 0 aliphatic rings. The maximum atomic E-state index is 12.8. The summed E-state index contributed by atoms with van der Waals surface area (Å²) < 4.78 is 8.01. The molecule has 0 saturated heterocycles. The number of aryl methyl sites for hydroxylation is 2. The highest BCUT2D eigenvalue weighted by Crippen LogP contribution is 2.26. The summed E-state index contributed by atoms with van der Waals surface area (Å²) in [6.07, 6.45) is 0. The maximum absolute atomic E-state index is 12.8. The van der Waals surface area contributed by atoms with Crippen molar-refractivity contribution in [3.8, 4) is 5.75 Å². The van der Waals surface area contributed by atoms with Gasteiger partial charge in [-0.05, 0) is 66.4 Å². The molecule has 0 saturated carbocycles. The number of nitrogens with one attached hydrogen (secondary N) is 1. The van der Waals surface area contributed by atoms with Crippen molar-refractivity contribution >= 4 is 27.7 Å². The fourth-order valence-corrected chi connectivity index (χ4v) is 4.55. The van der Waals surface area contributed by atoms with Crippen LogP contribution in [0.15, 0.2) is 84.9 Å². The van der Waals surface area contributed by atoms with Gasteiger partial charge in [-0.25, -0.2) is 4.98 Å². The van der Waals surface area contributed by atoms with Crippen molar-refractivity contribution < 1.29 is 9.53 Å². The zero-order valence-electron chi connectivity index (χ0n) is 20.3. The molecule has 0 bridgehead atoms. The van der Waals surface area contributed by atoms with Crippen molar-refractivity contribution in [2.24, 2.45) is 0 Å². The molecule has 1 heterocycles. The average Bonchev–Trinajstić information content (AvgIpc) is 3.23. The molecule has 0 radical (unpaired) electrons. The second-order valence-electron chi connectivity index (χ2n) is 9.03. The number of rotatable bonds is 7. The van der Waals surface area contributed by atoms with Gasteiger partial charge < -0.3 is 14.6 Å². The van der Waals surface area contributed by atoms with Gasteiger partial charge in [-0.15, -0.1) is 0 Å². The molecular weight excluding hydrogens is 434 g/mol. The van der Waals surface area contributed by atoms with Gasteiger partial charge in [0.25, 0.3) is 5.91 Å². The van der Waals surface area contributed by atoms with E-state index in [0.717, 1.165) is 33.7 Å². The lowest BCUT2D eigenvalue weighted by Gasteiger charge is -2.18. The number of para-hydroxylation sites is 2. The van der Waals surface area contributed by atoms with E-state index in [9.17, 15) is 4.79 Å². The Morgan fingerprint density at radius 2 is 1.74 bits per heavy atom. The summed E-state index contributed by atoms with van der Waals surface area (Å²) in [5.41, 5.74) is 5.28. The highest BCUT2D eigenvalue weighted by molar-refractivity contribution is 5.86. The van der Waals surface area contributed by atoms with Crippen LogP contribution < -0.4 is 10.1 Å². The van der Waals surface area contributed by atoms with E-state index in [2.05, 4.69) is 58.4 Å². The Bertz CT molecular complexity index is 1510. The summed E-state index contributed by atoms with van der Waals surface area (Å²) in [5.74, 6) is 1.37. The van der Waals surface area contributed by atoms with Crippen LogP contribution in [0.3, 0.4) is 0 Å². The fraction of sp³-hybridized carbons (Fsp3) is 0.200. The van der Waals surface area contributed by atoms with Crippen LogP contribution in [0.2, 0.25) is 0 Å². The van der Waals surface area contributed by atoms with E-state index in [0.29, 0.717) is 6.54 Å². The van der Waals surface area contributed by atoms with Crippen LogP contribution in [0.25, 0.3) is 21.8 Å². The molecule has 176 valence electrons. The number of ether oxygens (including phenoxy) is 1. The van der Waals surface area contributed by atoms with E-state index in [1.54, 1.807) is 0 Å². The summed E-state index contributed by atoms with van der Waals surface area (Å²) in [6, 6.07) is 28.6. The van der Waals surface area contributed by atoms with E-state index in [1.165, 1.54) is 16.3 Å². The van der Waals surface area contributed by atoms with E-state index in [1.807, 2.05) is 57.2 Å². The zero-order valence-corrected chi connectivity index (χ0v) is 20.3. The van der Waals surface area contributed by atoms with Gasteiger partial charge in [0.15, 0.2) is 6.61 Å². The molecule has 1 unspecified atom stereocenters. The maximum Gasteiger partial charge on any atom is 0.258 e. The number of hydrogen-bond acceptors (Lipinski definition) is 3. The average molecular weight is 464 g/mol. The van der Waals surface area contributed by atoms with Gasteiger partial charge in [-0.2, -0.15) is 0 Å². The quantitative estimate of drug-likeness (QED) is 0.317. The Hall–Kier alpha value is -4.12. The number of hydrogen-bond donors (Lipinski definition) is 1. The Labute approximate surface area is 205 Å². The van der Waals surface area contributed by atoms with Crippen molar-refractivity contribution in [2.75, 3.05) is 6.61 Å². The first-order chi connectivity index (χ1) is 17.0. The normalized spacial score (nSPS) is 12.1. The molecule has 5 heteroatoms. The summed E-state index contributed by atoms with van der Waals surface area (Å²) in [7, 11) is 0. The third kappa shape index (κ3) is 4.76. The largest absolute Gasteiger partial charge is 0.483 e. The van der Waals surface area contributed by atoms with Crippen molar-refractivity contribution in [2.45, 2.75) is 33.4 Å². The van der Waals surface area contributed by atoms with Gasteiger partial charge in [-0.1, -0.05) is 66.7 Å². The Morgan fingerprint density at radius 3 is 2.63 bits per heavy atom. The van der Waals surface area contributed by atoms with Crippen LogP contribution in [-0.2, 0) is 11.3 Å². The molecule has 0 spiro atoms. The van der Waals surface area contributed by atoms with Crippen molar-refractivity contribution in [1.29, 1.82) is 0 Å². The van der Waals surface area contributed by atoms with Gasteiger partial charge in [0.1, 0.15) is 11.6 Å². The Kier molecular flexibility index (Phi) is 6.23. The summed E-state index contributed by atoms with van der Waals surface area (Å²) >= 11 is 0. The topological polar surface area (TPSA) is 56.1 Å². The lowest BCUT2D eigenvalue weighted by Crippen LogP contribution is -2.32. The molecule has 0 fully saturated rings. The molecule has 0 aliphatic heterocycles. The second kappa shape index (κ2) is 9.63. The molecular formula is C30H29N3O2. The third-order valence-electron chi connectivity index (χ3n) is 6.36. The number of fused-ring (bicyclic) bond motifs is 2. The van der Waals surface area contributed by atoms with Crippen molar-refractivity contribution in [1.82, 2.24) is 14.9 Å². The highest BCUT2D eigenvalue weighted by atomic mass is 16.5. The molecule has 0 aliphatic carbocycles. The second-order valence-corrected chi connectivity index (χ2v) is 9.03. The van der Waals surface area contributed by atoms with Crippen molar-refractivity contribution in [3.05, 3.63) is 107 Å². The van der Waals surface area contributed by atoms with Gasteiger partial charge in [0, 0.05) is 0 Å². The number of benzene rings is 4. The van der Waals surface area contributed by atoms with Gasteiger partial charge in [0.05, 0.1) is 23.6 Å². The van der Waals surface area contributed by atoms with E-state index >= 15 is 0 Å². The first kappa shape index (κ1) is 22.7. The molecule has 1 amide bonds. The minimum absolute atomic E-state index is 0.0435. The Morgan fingerprint density at radius 1 is 0.971 bits per heavy atom. The fourth-order valence-electron chi connectivity index (χ4n) is 4.55. The number of amides is 1. The lowest BCUT2D eigenvalue weighted by molar-refractivity contribution is -0.123. The van der Waals surface area contributed by atoms with E-state index in [4.69, 9.17) is 9.72 Å². The van der Waals surface area contributed by atoms with Crippen LogP contribution in [0.5, 0.6) is 5.75 Å². The molecule has 35 heavy (non-hydrogen) atoms. The number of nitrogens with zero attached hydrogens (tertiary/aromatic N) is 2. The summed E-state index contributed by atoms with van der Waals surface area (Å²) in [6.45, 7) is 6.57. The molecule has 5 nitrogen and oxygen atoms in total. The molecule has 1 N–H and O–H groups in total. The van der Waals surface area contributed by atoms with E-state index < -0.39 is 0 Å². The highest BCUT2D eigenvalue weighted by Gasteiger charge is 2.19. The van der Waals surface area contributed by atoms with Crippen LogP contribution >= 0.6 is 0 Å². The van der Waals surface area contributed by atoms with Crippen LogP contribution in [0.1, 0.15) is 35.5 Å². The first-order valence-electron chi connectivity index (χ1n) is 11.9. The number of carbonyl (C=O) groups excluding carboxylic acids is 1. The predicted octanol–water partition coefficient (Wildman–Crippen LogP) is 6.11. The number of imidazole rings is 1. The first-order valence-corrected chi connectivity index (χ1v) is 11.9. The minimum atomic E-state index is -0.285. The van der Waals surface area contributed by atoms with Crippen LogP contribution in [-0.4, -0.2) is 22.1 Å². The zero-order chi connectivity index (χ0) is 24.4. The monoisotopic (exact) mass is 463 g/mol. The standard InChI is InChI=1S/C30H29N3O2/c1-20-15-16-21(2)28(17-20)35-19-29(34)31-22(3)30-32-26-13-6-7-14-27(26)33(30)18-24-11-8-10-23-9-4-5-12-25(23)24/h4-17,22H,18-19H2,1-3H3,(H,31,34). The summed E-state index contributed by atoms with van der Waals surface area (Å²) in [4.78, 5) is 17.7. The number of aromatic nitrogens is 2. The number of carbonyl (C=O) groups is 1. The van der Waals surface area contributed by atoms with Crippen LogP contribution in [0, 0.1) is 13.8 Å². The van der Waals surface area contributed by atoms with Crippen LogP contribution in [0.4, 0.5) is 0 Å². The summed E-state index contributed by atoms with van der Waals surface area (Å²) in [5, 5.41) is 5.51. The van der Waals surface area contributed by atoms with Gasteiger partial charge in [-0.3, -0.25) is 4.79 Å². The van der Waals surface area contributed by atoms with Crippen molar-refractivity contribution in [3.63, 3.8) is 0 Å². The molecule has 5 aromatic rings.